The zero-order chi connectivity index (χ0) is 13.7. The molecule has 1 aromatic rings. The molecule has 0 heterocycles. The summed E-state index contributed by atoms with van der Waals surface area (Å²) in [5.74, 6) is 4.76. The van der Waals surface area contributed by atoms with Gasteiger partial charge in [-0.15, -0.1) is 0 Å². The quantitative estimate of drug-likeness (QED) is 0.815. The summed E-state index contributed by atoms with van der Waals surface area (Å²) in [6.07, 6.45) is 3.79. The van der Waals surface area contributed by atoms with Crippen LogP contribution in [0.5, 0.6) is 0 Å². The number of rotatable bonds is 4. The Hall–Kier alpha value is -1.46. The van der Waals surface area contributed by atoms with Crippen LogP contribution in [-0.2, 0) is 16.1 Å². The first-order chi connectivity index (χ1) is 9.17. The zero-order valence-electron chi connectivity index (χ0n) is 10.8. The van der Waals surface area contributed by atoms with E-state index in [-0.39, 0.29) is 30.3 Å². The van der Waals surface area contributed by atoms with Gasteiger partial charge in [-0.05, 0) is 43.4 Å². The predicted octanol–water partition coefficient (Wildman–Crippen LogP) is 1.69. The van der Waals surface area contributed by atoms with E-state index < -0.39 is 0 Å². The Bertz CT molecular complexity index is 431. The number of hydrogen-bond acceptors (Lipinski definition) is 3. The summed E-state index contributed by atoms with van der Waals surface area (Å²) in [6, 6.07) is 6.30. The van der Waals surface area contributed by atoms with Gasteiger partial charge in [0.1, 0.15) is 5.82 Å². The van der Waals surface area contributed by atoms with Gasteiger partial charge in [0.05, 0.1) is 12.5 Å². The highest BCUT2D eigenvalue weighted by molar-refractivity contribution is 5.78. The highest BCUT2D eigenvalue weighted by Gasteiger charge is 2.22. The SMILES string of the molecule is NOC1CCC(NC(=O)Cc2cccc(F)c2)CC1. The Kier molecular flexibility index (Phi) is 4.87. The molecular weight excluding hydrogens is 247 g/mol. The lowest BCUT2D eigenvalue weighted by Gasteiger charge is -2.27. The fraction of sp³-hybridized carbons (Fsp3) is 0.500. The van der Waals surface area contributed by atoms with E-state index in [1.807, 2.05) is 0 Å². The van der Waals surface area contributed by atoms with Crippen molar-refractivity contribution in [2.75, 3.05) is 0 Å². The van der Waals surface area contributed by atoms with Crippen molar-refractivity contribution in [3.8, 4) is 0 Å². The second-order valence-electron chi connectivity index (χ2n) is 4.98. The molecule has 4 nitrogen and oxygen atoms in total. The number of hydrogen-bond donors (Lipinski definition) is 2. The Balaban J connectivity index is 1.79. The van der Waals surface area contributed by atoms with Crippen molar-refractivity contribution in [2.24, 2.45) is 5.90 Å². The molecule has 5 heteroatoms. The van der Waals surface area contributed by atoms with Crippen molar-refractivity contribution in [1.82, 2.24) is 5.32 Å². The minimum absolute atomic E-state index is 0.0669. The van der Waals surface area contributed by atoms with Gasteiger partial charge in [0.2, 0.25) is 5.91 Å². The van der Waals surface area contributed by atoms with Crippen LogP contribution in [0.4, 0.5) is 4.39 Å². The van der Waals surface area contributed by atoms with E-state index in [4.69, 9.17) is 10.7 Å². The van der Waals surface area contributed by atoms with Gasteiger partial charge < -0.3 is 10.2 Å². The molecule has 104 valence electrons. The minimum Gasteiger partial charge on any atom is -0.353 e. The molecule has 3 N–H and O–H groups in total. The standard InChI is InChI=1S/C14H19FN2O2/c15-11-3-1-2-10(8-11)9-14(18)17-12-4-6-13(19-16)7-5-12/h1-3,8,12-13H,4-7,9,16H2,(H,17,18). The summed E-state index contributed by atoms with van der Waals surface area (Å²) in [5, 5.41) is 2.97. The fourth-order valence-corrected chi connectivity index (χ4v) is 2.45. The highest BCUT2D eigenvalue weighted by atomic mass is 19.1. The molecule has 1 saturated carbocycles. The molecule has 0 saturated heterocycles. The molecule has 1 aliphatic carbocycles. The molecule has 0 bridgehead atoms. The van der Waals surface area contributed by atoms with Crippen LogP contribution in [0.25, 0.3) is 0 Å². The second-order valence-corrected chi connectivity index (χ2v) is 4.98. The van der Waals surface area contributed by atoms with Gasteiger partial charge in [-0.25, -0.2) is 10.3 Å². The fourth-order valence-electron chi connectivity index (χ4n) is 2.45. The summed E-state index contributed by atoms with van der Waals surface area (Å²) in [5.41, 5.74) is 0.691. The highest BCUT2D eigenvalue weighted by Crippen LogP contribution is 2.20. The van der Waals surface area contributed by atoms with Crippen LogP contribution in [-0.4, -0.2) is 18.1 Å². The largest absolute Gasteiger partial charge is 0.353 e. The molecule has 0 spiro atoms. The normalized spacial score (nSPS) is 23.1. The van der Waals surface area contributed by atoms with Crippen LogP contribution in [0.1, 0.15) is 31.2 Å². The zero-order valence-corrected chi connectivity index (χ0v) is 10.8. The van der Waals surface area contributed by atoms with Crippen LogP contribution in [0.15, 0.2) is 24.3 Å². The van der Waals surface area contributed by atoms with Crippen LogP contribution in [0, 0.1) is 5.82 Å². The third-order valence-corrected chi connectivity index (χ3v) is 3.49. The van der Waals surface area contributed by atoms with Gasteiger partial charge in [0.15, 0.2) is 0 Å². The first kappa shape index (κ1) is 14.0. The monoisotopic (exact) mass is 266 g/mol. The number of carbonyl (C=O) groups excluding carboxylic acids is 1. The molecule has 0 unspecified atom stereocenters. The van der Waals surface area contributed by atoms with E-state index in [0.717, 1.165) is 25.7 Å². The number of nitrogens with two attached hydrogens (primary N) is 1. The average molecular weight is 266 g/mol. The van der Waals surface area contributed by atoms with E-state index in [2.05, 4.69) is 5.32 Å². The summed E-state index contributed by atoms with van der Waals surface area (Å²) in [7, 11) is 0. The lowest BCUT2D eigenvalue weighted by atomic mass is 9.93. The van der Waals surface area contributed by atoms with Crippen LogP contribution >= 0.6 is 0 Å². The van der Waals surface area contributed by atoms with Gasteiger partial charge in [-0.3, -0.25) is 4.79 Å². The van der Waals surface area contributed by atoms with E-state index in [0.29, 0.717) is 5.56 Å². The Morgan fingerprint density at radius 1 is 1.37 bits per heavy atom. The summed E-state index contributed by atoms with van der Waals surface area (Å²) in [6.45, 7) is 0. The van der Waals surface area contributed by atoms with Crippen LogP contribution < -0.4 is 11.2 Å². The maximum atomic E-state index is 13.0. The van der Waals surface area contributed by atoms with Gasteiger partial charge in [-0.2, -0.15) is 0 Å². The first-order valence-corrected chi connectivity index (χ1v) is 6.56. The van der Waals surface area contributed by atoms with Crippen LogP contribution in [0.2, 0.25) is 0 Å². The van der Waals surface area contributed by atoms with Crippen molar-refractivity contribution >= 4 is 5.91 Å². The first-order valence-electron chi connectivity index (χ1n) is 6.56. The molecule has 1 fully saturated rings. The van der Waals surface area contributed by atoms with Crippen molar-refractivity contribution in [3.05, 3.63) is 35.6 Å². The van der Waals surface area contributed by atoms with E-state index in [9.17, 15) is 9.18 Å². The van der Waals surface area contributed by atoms with Crippen LogP contribution in [0.3, 0.4) is 0 Å². The Morgan fingerprint density at radius 2 is 2.11 bits per heavy atom. The number of nitrogens with one attached hydrogen (secondary N) is 1. The maximum Gasteiger partial charge on any atom is 0.224 e. The van der Waals surface area contributed by atoms with Gasteiger partial charge >= 0.3 is 0 Å². The Labute approximate surface area is 112 Å². The summed E-state index contributed by atoms with van der Waals surface area (Å²) < 4.78 is 13.0. The van der Waals surface area contributed by atoms with E-state index in [1.54, 1.807) is 12.1 Å². The van der Waals surface area contributed by atoms with Crippen molar-refractivity contribution < 1.29 is 14.0 Å². The van der Waals surface area contributed by atoms with Gasteiger partial charge in [-0.1, -0.05) is 12.1 Å². The predicted molar refractivity (Wildman–Crippen MR) is 69.6 cm³/mol. The number of amides is 1. The molecule has 1 amide bonds. The second kappa shape index (κ2) is 6.63. The molecule has 0 aliphatic heterocycles. The molecular formula is C14H19FN2O2. The topological polar surface area (TPSA) is 64.3 Å². The molecule has 0 radical (unpaired) electrons. The Morgan fingerprint density at radius 3 is 2.74 bits per heavy atom. The molecule has 2 rings (SSSR count). The molecule has 0 aromatic heterocycles. The smallest absolute Gasteiger partial charge is 0.224 e. The number of halogens is 1. The van der Waals surface area contributed by atoms with E-state index in [1.165, 1.54) is 12.1 Å². The lowest BCUT2D eigenvalue weighted by Crippen LogP contribution is -2.40. The number of carbonyl (C=O) groups is 1. The molecule has 1 aliphatic rings. The minimum atomic E-state index is -0.314. The maximum absolute atomic E-state index is 13.0. The molecule has 1 aromatic carbocycles. The third kappa shape index (κ3) is 4.29. The third-order valence-electron chi connectivity index (χ3n) is 3.49. The summed E-state index contributed by atoms with van der Waals surface area (Å²) >= 11 is 0. The lowest BCUT2D eigenvalue weighted by molar-refractivity contribution is -0.121. The number of benzene rings is 1. The average Bonchev–Trinajstić information content (AvgIpc) is 2.39. The molecule has 19 heavy (non-hydrogen) atoms. The molecule has 0 atom stereocenters. The van der Waals surface area contributed by atoms with Crippen molar-refractivity contribution in [2.45, 2.75) is 44.2 Å². The van der Waals surface area contributed by atoms with Crippen molar-refractivity contribution in [3.63, 3.8) is 0 Å². The summed E-state index contributed by atoms with van der Waals surface area (Å²) in [4.78, 5) is 16.7. The van der Waals surface area contributed by atoms with Crippen molar-refractivity contribution in [1.29, 1.82) is 0 Å². The van der Waals surface area contributed by atoms with E-state index >= 15 is 0 Å². The van der Waals surface area contributed by atoms with Gasteiger partial charge in [0.25, 0.3) is 0 Å². The van der Waals surface area contributed by atoms with Gasteiger partial charge in [0, 0.05) is 6.04 Å².